The number of hydrogen-bond donors (Lipinski definition) is 1. The summed E-state index contributed by atoms with van der Waals surface area (Å²) in [4.78, 5) is 30.4. The smallest absolute Gasteiger partial charge is 0.324 e. The van der Waals surface area contributed by atoms with Gasteiger partial charge in [0.1, 0.15) is 11.5 Å². The van der Waals surface area contributed by atoms with E-state index in [9.17, 15) is 9.59 Å². The van der Waals surface area contributed by atoms with E-state index >= 15 is 0 Å². The number of rotatable bonds is 9. The van der Waals surface area contributed by atoms with Crippen LogP contribution in [0.1, 0.15) is 36.8 Å². The number of nitrogens with zero attached hydrogens (tertiary/aromatic N) is 2. The largest absolute Gasteiger partial charge is 0.497 e. The molecule has 1 heterocycles. The lowest BCUT2D eigenvalue weighted by atomic mass is 9.95. The third-order valence-electron chi connectivity index (χ3n) is 6.48. The van der Waals surface area contributed by atoms with Gasteiger partial charge in [-0.05, 0) is 48.2 Å². The maximum Gasteiger partial charge on any atom is 0.324 e. The summed E-state index contributed by atoms with van der Waals surface area (Å²) in [5, 5.41) is 3.09. The van der Waals surface area contributed by atoms with E-state index in [1.807, 2.05) is 84.6 Å². The Morgan fingerprint density at radius 1 is 0.944 bits per heavy atom. The lowest BCUT2D eigenvalue weighted by Gasteiger charge is -2.36. The van der Waals surface area contributed by atoms with Gasteiger partial charge in [0.05, 0.1) is 31.5 Å². The van der Waals surface area contributed by atoms with Crippen LogP contribution in [0.15, 0.2) is 72.8 Å². The summed E-state index contributed by atoms with van der Waals surface area (Å²) in [6, 6.07) is 22.8. The van der Waals surface area contributed by atoms with Crippen LogP contribution in [0.2, 0.25) is 0 Å². The van der Waals surface area contributed by atoms with Crippen LogP contribution in [-0.4, -0.2) is 44.1 Å². The Labute approximate surface area is 212 Å². The molecule has 0 bridgehead atoms. The molecular weight excluding hydrogens is 454 g/mol. The molecule has 1 unspecified atom stereocenters. The Bertz CT molecular complexity index is 1180. The van der Waals surface area contributed by atoms with Gasteiger partial charge >= 0.3 is 6.03 Å². The lowest BCUT2D eigenvalue weighted by Crippen LogP contribution is -2.49. The van der Waals surface area contributed by atoms with Crippen molar-refractivity contribution in [2.75, 3.05) is 37.5 Å². The van der Waals surface area contributed by atoms with Crippen LogP contribution in [0.25, 0.3) is 0 Å². The van der Waals surface area contributed by atoms with Crippen LogP contribution >= 0.6 is 0 Å². The van der Waals surface area contributed by atoms with Crippen molar-refractivity contribution in [3.8, 4) is 11.5 Å². The quantitative estimate of drug-likeness (QED) is 0.422. The normalized spacial score (nSPS) is 14.4. The minimum absolute atomic E-state index is 0.0825. The molecule has 1 fully saturated rings. The van der Waals surface area contributed by atoms with Crippen LogP contribution in [0.5, 0.6) is 11.5 Å². The molecule has 0 radical (unpaired) electrons. The first-order chi connectivity index (χ1) is 17.5. The van der Waals surface area contributed by atoms with Gasteiger partial charge in [-0.1, -0.05) is 49.4 Å². The van der Waals surface area contributed by atoms with Crippen molar-refractivity contribution in [3.05, 3.63) is 83.9 Å². The molecule has 0 aromatic heterocycles. The molecule has 3 amide bonds. The highest BCUT2D eigenvalue weighted by Gasteiger charge is 2.29. The first-order valence-corrected chi connectivity index (χ1v) is 12.3. The van der Waals surface area contributed by atoms with E-state index < -0.39 is 0 Å². The van der Waals surface area contributed by atoms with Crippen molar-refractivity contribution in [1.82, 2.24) is 4.90 Å². The molecule has 0 spiro atoms. The maximum absolute atomic E-state index is 13.6. The summed E-state index contributed by atoms with van der Waals surface area (Å²) < 4.78 is 10.8. The van der Waals surface area contributed by atoms with Crippen molar-refractivity contribution < 1.29 is 19.1 Å². The van der Waals surface area contributed by atoms with E-state index in [0.29, 0.717) is 48.9 Å². The molecular formula is C29H33N3O4. The molecule has 3 aromatic rings. The molecule has 0 saturated carbocycles. The number of benzene rings is 3. The van der Waals surface area contributed by atoms with Gasteiger partial charge in [-0.3, -0.25) is 9.69 Å². The summed E-state index contributed by atoms with van der Waals surface area (Å²) in [6.45, 7) is 3.67. The second-order valence-corrected chi connectivity index (χ2v) is 8.81. The Morgan fingerprint density at radius 3 is 2.28 bits per heavy atom. The van der Waals surface area contributed by atoms with E-state index in [0.717, 1.165) is 17.5 Å². The maximum atomic E-state index is 13.6. The highest BCUT2D eigenvalue weighted by Crippen LogP contribution is 2.31. The SMILES string of the molecule is CCC(C(=O)Nc1ccccc1N1CCCN(Cc2cc(OC)cc(OC)c2)C1=O)c1ccccc1. The van der Waals surface area contributed by atoms with Gasteiger partial charge in [-0.25, -0.2) is 4.79 Å². The standard InChI is InChI=1S/C29H33N3O4/c1-4-25(22-11-6-5-7-12-22)28(33)30-26-13-8-9-14-27(26)32-16-10-15-31(29(32)34)20-21-17-23(35-2)19-24(18-21)36-3/h5-9,11-14,17-19,25H,4,10,15-16,20H2,1-3H3,(H,30,33). The van der Waals surface area contributed by atoms with E-state index in [-0.39, 0.29) is 17.9 Å². The number of nitrogens with one attached hydrogen (secondary N) is 1. The summed E-state index contributed by atoms with van der Waals surface area (Å²) >= 11 is 0. The highest BCUT2D eigenvalue weighted by molar-refractivity contribution is 6.02. The fraction of sp³-hybridized carbons (Fsp3) is 0.310. The van der Waals surface area contributed by atoms with Gasteiger partial charge in [0.15, 0.2) is 0 Å². The van der Waals surface area contributed by atoms with Crippen molar-refractivity contribution in [3.63, 3.8) is 0 Å². The predicted molar refractivity (Wildman–Crippen MR) is 142 cm³/mol. The molecule has 4 rings (SSSR count). The Hall–Kier alpha value is -4.00. The van der Waals surface area contributed by atoms with Crippen LogP contribution < -0.4 is 19.7 Å². The summed E-state index contributed by atoms with van der Waals surface area (Å²) in [6.07, 6.45) is 1.50. The predicted octanol–water partition coefficient (Wildman–Crippen LogP) is 5.67. The molecule has 1 N–H and O–H groups in total. The molecule has 188 valence electrons. The zero-order valence-electron chi connectivity index (χ0n) is 21.1. The monoisotopic (exact) mass is 487 g/mol. The Balaban J connectivity index is 1.54. The second-order valence-electron chi connectivity index (χ2n) is 8.81. The molecule has 3 aromatic carbocycles. The summed E-state index contributed by atoms with van der Waals surface area (Å²) in [5.41, 5.74) is 3.24. The third-order valence-corrected chi connectivity index (χ3v) is 6.48. The number of methoxy groups -OCH3 is 2. The number of carbonyl (C=O) groups excluding carboxylic acids is 2. The highest BCUT2D eigenvalue weighted by atomic mass is 16.5. The number of ether oxygens (including phenoxy) is 2. The molecule has 1 saturated heterocycles. The van der Waals surface area contributed by atoms with Gasteiger partial charge in [-0.15, -0.1) is 0 Å². The molecule has 1 aliphatic heterocycles. The summed E-state index contributed by atoms with van der Waals surface area (Å²) in [7, 11) is 3.22. The first kappa shape index (κ1) is 25.1. The number of urea groups is 1. The fourth-order valence-corrected chi connectivity index (χ4v) is 4.62. The average molecular weight is 488 g/mol. The van der Waals surface area contributed by atoms with Crippen LogP contribution in [0, 0.1) is 0 Å². The van der Waals surface area contributed by atoms with Crippen LogP contribution in [0.4, 0.5) is 16.2 Å². The average Bonchev–Trinajstić information content (AvgIpc) is 2.91. The van der Waals surface area contributed by atoms with Gasteiger partial charge in [0.25, 0.3) is 0 Å². The van der Waals surface area contributed by atoms with E-state index in [2.05, 4.69) is 5.32 Å². The third kappa shape index (κ3) is 5.62. The van der Waals surface area contributed by atoms with Crippen molar-refractivity contribution in [2.24, 2.45) is 0 Å². The summed E-state index contributed by atoms with van der Waals surface area (Å²) in [5.74, 6) is 1.02. The topological polar surface area (TPSA) is 71.1 Å². The zero-order valence-corrected chi connectivity index (χ0v) is 21.1. The molecule has 7 nitrogen and oxygen atoms in total. The van der Waals surface area contributed by atoms with Gasteiger partial charge in [0.2, 0.25) is 5.91 Å². The molecule has 1 aliphatic rings. The Morgan fingerprint density at radius 2 is 1.61 bits per heavy atom. The van der Waals surface area contributed by atoms with Gasteiger partial charge in [-0.2, -0.15) is 0 Å². The molecule has 36 heavy (non-hydrogen) atoms. The van der Waals surface area contributed by atoms with E-state index in [1.165, 1.54) is 0 Å². The number of anilines is 2. The van der Waals surface area contributed by atoms with E-state index in [4.69, 9.17) is 9.47 Å². The first-order valence-electron chi connectivity index (χ1n) is 12.3. The number of para-hydroxylation sites is 2. The van der Waals surface area contributed by atoms with Crippen LogP contribution in [-0.2, 0) is 11.3 Å². The van der Waals surface area contributed by atoms with Crippen molar-refractivity contribution >= 4 is 23.3 Å². The van der Waals surface area contributed by atoms with Gasteiger partial charge in [0, 0.05) is 25.7 Å². The Kier molecular flexibility index (Phi) is 8.10. The fourth-order valence-electron chi connectivity index (χ4n) is 4.62. The van der Waals surface area contributed by atoms with Gasteiger partial charge < -0.3 is 19.7 Å². The number of hydrogen-bond acceptors (Lipinski definition) is 4. The van der Waals surface area contributed by atoms with Crippen LogP contribution in [0.3, 0.4) is 0 Å². The van der Waals surface area contributed by atoms with E-state index in [1.54, 1.807) is 19.1 Å². The number of carbonyl (C=O) groups is 2. The van der Waals surface area contributed by atoms with Crippen molar-refractivity contribution in [1.29, 1.82) is 0 Å². The molecule has 7 heteroatoms. The van der Waals surface area contributed by atoms with Crippen molar-refractivity contribution in [2.45, 2.75) is 32.2 Å². The minimum Gasteiger partial charge on any atom is -0.497 e. The molecule has 1 atom stereocenters. The molecule has 0 aliphatic carbocycles. The minimum atomic E-state index is -0.268. The second kappa shape index (κ2) is 11.6. The zero-order chi connectivity index (χ0) is 25.5. The lowest BCUT2D eigenvalue weighted by molar-refractivity contribution is -0.117. The number of amides is 3.